The van der Waals surface area contributed by atoms with Crippen LogP contribution in [0.1, 0.15) is 43.0 Å². The van der Waals surface area contributed by atoms with Gasteiger partial charge in [0.1, 0.15) is 24.1 Å². The van der Waals surface area contributed by atoms with E-state index in [0.29, 0.717) is 34.5 Å². The van der Waals surface area contributed by atoms with Gasteiger partial charge in [-0.25, -0.2) is 9.97 Å². The van der Waals surface area contributed by atoms with E-state index in [1.54, 1.807) is 22.0 Å². The van der Waals surface area contributed by atoms with E-state index in [9.17, 15) is 14.4 Å². The number of Topliss-reactive ketones (excluding diaryl/α,β-unsaturated/α-hetero) is 1. The summed E-state index contributed by atoms with van der Waals surface area (Å²) < 4.78 is 2.44. The first-order valence-electron chi connectivity index (χ1n) is 12.8. The monoisotopic (exact) mass is 586 g/mol. The Morgan fingerprint density at radius 2 is 1.85 bits per heavy atom. The number of aromatic nitrogens is 4. The molecular weight excluding hydrogens is 560 g/mol. The Kier molecular flexibility index (Phi) is 6.10. The summed E-state index contributed by atoms with van der Waals surface area (Å²) in [4.78, 5) is 49.8. The number of fused-ring (bicyclic) bond motifs is 2. The van der Waals surface area contributed by atoms with Crippen LogP contribution in [-0.4, -0.2) is 54.3 Å². The van der Waals surface area contributed by atoms with Crippen LogP contribution >= 0.6 is 15.9 Å². The number of anilines is 1. The van der Waals surface area contributed by atoms with E-state index in [-0.39, 0.29) is 35.6 Å². The molecule has 2 aliphatic rings. The molecule has 6 rings (SSSR count). The number of ketones is 1. The standard InChI is InChI=1S/C29H27BrN6O3/c1-16(37)27-22-9-18(19-13-31-17(2)32-14-19)7-8-23(22)35(34-27)15-26(38)36-24(11-29(3)12-25(29)36)28(39)33-21-6-4-5-20(30)10-21/h4-10,13-14,24-25H,11-12,15H2,1-3H3,(H,33,39)/t24-,25+,29-/m0/s1. The molecule has 1 saturated carbocycles. The number of carbonyl (C=O) groups is 3. The minimum atomic E-state index is -0.567. The maximum absolute atomic E-state index is 13.7. The zero-order chi connectivity index (χ0) is 27.5. The second-order valence-electron chi connectivity index (χ2n) is 10.7. The zero-order valence-electron chi connectivity index (χ0n) is 21.8. The summed E-state index contributed by atoms with van der Waals surface area (Å²) in [6.45, 7) is 5.34. The van der Waals surface area contributed by atoms with E-state index in [2.05, 4.69) is 43.2 Å². The smallest absolute Gasteiger partial charge is 0.247 e. The van der Waals surface area contributed by atoms with Crippen molar-refractivity contribution in [1.29, 1.82) is 0 Å². The number of nitrogens with zero attached hydrogens (tertiary/aromatic N) is 5. The van der Waals surface area contributed by atoms with Gasteiger partial charge in [0.25, 0.3) is 0 Å². The average molecular weight is 587 g/mol. The molecule has 1 aliphatic heterocycles. The molecule has 2 aromatic heterocycles. The van der Waals surface area contributed by atoms with E-state index < -0.39 is 6.04 Å². The third-order valence-electron chi connectivity index (χ3n) is 7.80. The number of carbonyl (C=O) groups excluding carboxylic acids is 3. The van der Waals surface area contributed by atoms with Gasteiger partial charge in [0.05, 0.1) is 5.52 Å². The van der Waals surface area contributed by atoms with E-state index in [1.807, 2.05) is 49.4 Å². The number of rotatable bonds is 6. The fraction of sp³-hybridized carbons (Fsp3) is 0.310. The Morgan fingerprint density at radius 3 is 2.56 bits per heavy atom. The van der Waals surface area contributed by atoms with Gasteiger partial charge in [-0.3, -0.25) is 19.1 Å². The fourth-order valence-corrected chi connectivity index (χ4v) is 6.04. The topological polar surface area (TPSA) is 110 Å². The Morgan fingerprint density at radius 1 is 1.08 bits per heavy atom. The number of amides is 2. The molecule has 2 aromatic carbocycles. The number of aryl methyl sites for hydroxylation is 1. The van der Waals surface area contributed by atoms with Gasteiger partial charge in [-0.05, 0) is 61.1 Å². The van der Waals surface area contributed by atoms with Crippen molar-refractivity contribution in [1.82, 2.24) is 24.6 Å². The van der Waals surface area contributed by atoms with Crippen molar-refractivity contribution in [2.24, 2.45) is 5.41 Å². The molecule has 2 fully saturated rings. The molecule has 0 spiro atoms. The van der Waals surface area contributed by atoms with Gasteiger partial charge < -0.3 is 10.2 Å². The minimum absolute atomic E-state index is 0.0190. The largest absolute Gasteiger partial charge is 0.325 e. The van der Waals surface area contributed by atoms with Crippen molar-refractivity contribution in [2.45, 2.75) is 52.2 Å². The van der Waals surface area contributed by atoms with Crippen LogP contribution in [0, 0.1) is 12.3 Å². The SMILES string of the molecule is CC(=O)c1nn(CC(=O)N2[C@H](C(=O)Nc3cccc(Br)c3)C[C@@]3(C)C[C@@H]23)c2ccc(-c3cnc(C)nc3)cc12. The van der Waals surface area contributed by atoms with Crippen LogP contribution in [0.4, 0.5) is 5.69 Å². The second-order valence-corrected chi connectivity index (χ2v) is 11.6. The molecule has 3 heterocycles. The zero-order valence-corrected chi connectivity index (χ0v) is 23.4. The maximum atomic E-state index is 13.7. The summed E-state index contributed by atoms with van der Waals surface area (Å²) in [7, 11) is 0. The van der Waals surface area contributed by atoms with Crippen LogP contribution in [0.5, 0.6) is 0 Å². The Labute approximate surface area is 233 Å². The average Bonchev–Trinajstić information content (AvgIpc) is 3.26. The molecule has 9 nitrogen and oxygen atoms in total. The molecular formula is C29H27BrN6O3. The van der Waals surface area contributed by atoms with Crippen molar-refractivity contribution in [2.75, 3.05) is 5.32 Å². The molecule has 10 heteroatoms. The molecule has 0 unspecified atom stereocenters. The summed E-state index contributed by atoms with van der Waals surface area (Å²) in [6, 6.07) is 12.5. The highest BCUT2D eigenvalue weighted by Gasteiger charge is 2.64. The molecule has 1 N–H and O–H groups in total. The highest BCUT2D eigenvalue weighted by atomic mass is 79.9. The molecule has 1 aliphatic carbocycles. The van der Waals surface area contributed by atoms with Gasteiger partial charge >= 0.3 is 0 Å². The van der Waals surface area contributed by atoms with Crippen LogP contribution in [0.2, 0.25) is 0 Å². The number of piperidine rings is 1. The van der Waals surface area contributed by atoms with Gasteiger partial charge in [-0.1, -0.05) is 35.0 Å². The molecule has 1 saturated heterocycles. The van der Waals surface area contributed by atoms with Crippen LogP contribution in [0.25, 0.3) is 22.0 Å². The highest BCUT2D eigenvalue weighted by Crippen LogP contribution is 2.59. The number of likely N-dealkylation sites (tertiary alicyclic amines) is 1. The fourth-order valence-electron chi connectivity index (χ4n) is 5.64. The van der Waals surface area contributed by atoms with Crippen LogP contribution < -0.4 is 5.32 Å². The number of nitrogens with one attached hydrogen (secondary N) is 1. The number of halogens is 1. The predicted molar refractivity (Wildman–Crippen MR) is 150 cm³/mol. The molecule has 2 amide bonds. The molecule has 198 valence electrons. The van der Waals surface area contributed by atoms with E-state index in [0.717, 1.165) is 22.0 Å². The first kappa shape index (κ1) is 25.4. The van der Waals surface area contributed by atoms with Crippen molar-refractivity contribution in [3.63, 3.8) is 0 Å². The Hall–Kier alpha value is -3.92. The number of benzene rings is 2. The first-order chi connectivity index (χ1) is 18.6. The molecule has 0 radical (unpaired) electrons. The lowest BCUT2D eigenvalue weighted by Gasteiger charge is -2.27. The molecule has 0 bridgehead atoms. The highest BCUT2D eigenvalue weighted by molar-refractivity contribution is 9.10. The lowest BCUT2D eigenvalue weighted by molar-refractivity contribution is -0.138. The second kappa shape index (κ2) is 9.37. The Balaban J connectivity index is 1.29. The maximum Gasteiger partial charge on any atom is 0.247 e. The lowest BCUT2D eigenvalue weighted by Crippen LogP contribution is -2.46. The van der Waals surface area contributed by atoms with E-state index >= 15 is 0 Å². The third-order valence-corrected chi connectivity index (χ3v) is 8.29. The summed E-state index contributed by atoms with van der Waals surface area (Å²) in [6.07, 6.45) is 4.97. The van der Waals surface area contributed by atoms with Crippen LogP contribution in [0.3, 0.4) is 0 Å². The van der Waals surface area contributed by atoms with Crippen molar-refractivity contribution in [3.8, 4) is 11.1 Å². The van der Waals surface area contributed by atoms with Gasteiger partial charge in [-0.2, -0.15) is 5.10 Å². The van der Waals surface area contributed by atoms with E-state index in [4.69, 9.17) is 0 Å². The normalized spacial score (nSPS) is 21.6. The number of hydrogen-bond acceptors (Lipinski definition) is 6. The Bertz CT molecular complexity index is 1650. The summed E-state index contributed by atoms with van der Waals surface area (Å²) in [5.41, 5.74) is 3.27. The quantitative estimate of drug-likeness (QED) is 0.325. The third kappa shape index (κ3) is 4.63. The van der Waals surface area contributed by atoms with Gasteiger partial charge in [0.2, 0.25) is 11.8 Å². The molecule has 3 atom stereocenters. The summed E-state index contributed by atoms with van der Waals surface area (Å²) >= 11 is 3.43. The van der Waals surface area contributed by atoms with Crippen molar-refractivity contribution in [3.05, 3.63) is 70.8 Å². The van der Waals surface area contributed by atoms with Crippen molar-refractivity contribution < 1.29 is 14.4 Å². The molecule has 39 heavy (non-hydrogen) atoms. The molecule has 4 aromatic rings. The predicted octanol–water partition coefficient (Wildman–Crippen LogP) is 4.79. The van der Waals surface area contributed by atoms with Crippen molar-refractivity contribution >= 4 is 50.1 Å². The van der Waals surface area contributed by atoms with Gasteiger partial charge in [0, 0.05) is 46.5 Å². The number of hydrogen-bond donors (Lipinski definition) is 1. The lowest BCUT2D eigenvalue weighted by atomic mass is 10.0. The van der Waals surface area contributed by atoms with Gasteiger partial charge in [-0.15, -0.1) is 0 Å². The first-order valence-corrected chi connectivity index (χ1v) is 13.6. The summed E-state index contributed by atoms with van der Waals surface area (Å²) in [5, 5.41) is 8.16. The minimum Gasteiger partial charge on any atom is -0.325 e. The van der Waals surface area contributed by atoms with E-state index in [1.165, 1.54) is 6.92 Å². The van der Waals surface area contributed by atoms with Gasteiger partial charge in [0.15, 0.2) is 5.78 Å². The van der Waals surface area contributed by atoms with Crippen LogP contribution in [0.15, 0.2) is 59.3 Å². The summed E-state index contributed by atoms with van der Waals surface area (Å²) in [5.74, 6) is 0.0966. The van der Waals surface area contributed by atoms with Crippen LogP contribution in [-0.2, 0) is 16.1 Å².